The van der Waals surface area contributed by atoms with Gasteiger partial charge in [0.05, 0.1) is 6.54 Å². The van der Waals surface area contributed by atoms with Crippen molar-refractivity contribution in [3.8, 4) is 10.4 Å². The Labute approximate surface area is 142 Å². The molecule has 1 fully saturated rings. The Hall–Kier alpha value is -2.08. The highest BCUT2D eigenvalue weighted by atomic mass is 32.1. The zero-order valence-corrected chi connectivity index (χ0v) is 13.6. The van der Waals surface area contributed by atoms with E-state index in [0.717, 1.165) is 22.6 Å². The lowest BCUT2D eigenvalue weighted by atomic mass is 10.2. The van der Waals surface area contributed by atoms with Gasteiger partial charge >= 0.3 is 0 Å². The SMILES string of the molecule is O=C(C=Cc1ccc(-c2ccccc2F)s1)N(CC(F)F)C1CC1. The number of thiophene rings is 1. The number of carbonyl (C=O) groups excluding carboxylic acids is 1. The minimum atomic E-state index is -2.53. The number of hydrogen-bond acceptors (Lipinski definition) is 2. The topological polar surface area (TPSA) is 20.3 Å². The van der Waals surface area contributed by atoms with E-state index in [-0.39, 0.29) is 11.9 Å². The molecule has 6 heteroatoms. The Morgan fingerprint density at radius 2 is 2.00 bits per heavy atom. The molecular formula is C18H16F3NOS. The molecule has 1 aromatic heterocycles. The molecule has 0 bridgehead atoms. The van der Waals surface area contributed by atoms with Crippen LogP contribution in [0.4, 0.5) is 13.2 Å². The van der Waals surface area contributed by atoms with Gasteiger partial charge in [0.2, 0.25) is 5.91 Å². The summed E-state index contributed by atoms with van der Waals surface area (Å²) in [6.07, 6.45) is 1.94. The van der Waals surface area contributed by atoms with Gasteiger partial charge in [-0.1, -0.05) is 18.2 Å². The summed E-state index contributed by atoms with van der Waals surface area (Å²) in [6.45, 7) is -0.529. The van der Waals surface area contributed by atoms with Gasteiger partial charge in [0.25, 0.3) is 6.43 Å². The average Bonchev–Trinajstić information content (AvgIpc) is 3.29. The molecule has 24 heavy (non-hydrogen) atoms. The van der Waals surface area contributed by atoms with Crippen LogP contribution in [0.3, 0.4) is 0 Å². The van der Waals surface area contributed by atoms with Crippen LogP contribution in [0.25, 0.3) is 16.5 Å². The molecule has 1 heterocycles. The molecule has 1 aliphatic rings. The first-order chi connectivity index (χ1) is 11.5. The zero-order chi connectivity index (χ0) is 17.1. The molecule has 1 aromatic carbocycles. The second-order valence-electron chi connectivity index (χ2n) is 5.63. The molecule has 0 radical (unpaired) electrons. The van der Waals surface area contributed by atoms with Crippen molar-refractivity contribution in [2.45, 2.75) is 25.3 Å². The predicted octanol–water partition coefficient (Wildman–Crippen LogP) is 4.82. The number of nitrogens with zero attached hydrogens (tertiary/aromatic N) is 1. The molecule has 1 aliphatic carbocycles. The van der Waals surface area contributed by atoms with E-state index < -0.39 is 18.9 Å². The molecular weight excluding hydrogens is 335 g/mol. The summed E-state index contributed by atoms with van der Waals surface area (Å²) in [6, 6.07) is 9.98. The van der Waals surface area contributed by atoms with Crippen molar-refractivity contribution in [3.05, 3.63) is 53.2 Å². The van der Waals surface area contributed by atoms with Crippen LogP contribution in [-0.2, 0) is 4.79 Å². The van der Waals surface area contributed by atoms with Gasteiger partial charge in [-0.05, 0) is 37.1 Å². The van der Waals surface area contributed by atoms with Crippen molar-refractivity contribution >= 4 is 23.3 Å². The molecule has 0 unspecified atom stereocenters. The lowest BCUT2D eigenvalue weighted by Gasteiger charge is -2.19. The highest BCUT2D eigenvalue weighted by Gasteiger charge is 2.33. The Morgan fingerprint density at radius 3 is 2.67 bits per heavy atom. The Kier molecular flexibility index (Phi) is 5.04. The lowest BCUT2D eigenvalue weighted by Crippen LogP contribution is -2.35. The van der Waals surface area contributed by atoms with Gasteiger partial charge in [0.15, 0.2) is 0 Å². The van der Waals surface area contributed by atoms with Crippen LogP contribution in [-0.4, -0.2) is 29.8 Å². The number of rotatable bonds is 6. The van der Waals surface area contributed by atoms with Gasteiger partial charge in [-0.2, -0.15) is 0 Å². The van der Waals surface area contributed by atoms with E-state index in [9.17, 15) is 18.0 Å². The molecule has 126 valence electrons. The standard InChI is InChI=1S/C18H16F3NOS/c19-15-4-2-1-3-14(15)16-9-7-13(24-16)8-10-18(23)22(11-17(20)21)12-5-6-12/h1-4,7-10,12,17H,5-6,11H2. The van der Waals surface area contributed by atoms with Crippen molar-refractivity contribution in [3.63, 3.8) is 0 Å². The van der Waals surface area contributed by atoms with Crippen LogP contribution in [0.15, 0.2) is 42.5 Å². The van der Waals surface area contributed by atoms with E-state index in [1.165, 1.54) is 28.4 Å². The maximum atomic E-state index is 13.8. The fraction of sp³-hybridized carbons (Fsp3) is 0.278. The molecule has 0 spiro atoms. The molecule has 2 nitrogen and oxygen atoms in total. The summed E-state index contributed by atoms with van der Waals surface area (Å²) in [7, 11) is 0. The monoisotopic (exact) mass is 351 g/mol. The van der Waals surface area contributed by atoms with E-state index in [2.05, 4.69) is 0 Å². The lowest BCUT2D eigenvalue weighted by molar-refractivity contribution is -0.128. The Morgan fingerprint density at radius 1 is 1.25 bits per heavy atom. The van der Waals surface area contributed by atoms with Gasteiger partial charge in [0.1, 0.15) is 5.82 Å². The highest BCUT2D eigenvalue weighted by Crippen LogP contribution is 2.31. The van der Waals surface area contributed by atoms with Crippen molar-refractivity contribution < 1.29 is 18.0 Å². The largest absolute Gasteiger partial charge is 0.330 e. The minimum Gasteiger partial charge on any atom is -0.330 e. The summed E-state index contributed by atoms with van der Waals surface area (Å²) >= 11 is 1.35. The highest BCUT2D eigenvalue weighted by molar-refractivity contribution is 7.16. The first-order valence-corrected chi connectivity index (χ1v) is 8.48. The molecule has 0 N–H and O–H groups in total. The second kappa shape index (κ2) is 7.21. The van der Waals surface area contributed by atoms with Gasteiger partial charge in [-0.3, -0.25) is 4.79 Å². The third kappa shape index (κ3) is 4.06. The molecule has 1 amide bonds. The minimum absolute atomic E-state index is 0.0616. The molecule has 0 atom stereocenters. The second-order valence-corrected chi connectivity index (χ2v) is 6.74. The van der Waals surface area contributed by atoms with Gasteiger partial charge in [0, 0.05) is 27.4 Å². The smallest absolute Gasteiger partial charge is 0.255 e. The quantitative estimate of drug-likeness (QED) is 0.683. The van der Waals surface area contributed by atoms with Crippen LogP contribution in [0.5, 0.6) is 0 Å². The third-order valence-electron chi connectivity index (χ3n) is 3.76. The van der Waals surface area contributed by atoms with Crippen molar-refractivity contribution in [1.82, 2.24) is 4.90 Å². The maximum absolute atomic E-state index is 13.8. The first kappa shape index (κ1) is 16.8. The normalized spacial score (nSPS) is 14.5. The van der Waals surface area contributed by atoms with Crippen LogP contribution >= 0.6 is 11.3 Å². The number of hydrogen-bond donors (Lipinski definition) is 0. The third-order valence-corrected chi connectivity index (χ3v) is 4.85. The summed E-state index contributed by atoms with van der Waals surface area (Å²) in [5.41, 5.74) is 0.505. The van der Waals surface area contributed by atoms with Crippen LogP contribution in [0.2, 0.25) is 0 Å². The number of amides is 1. The first-order valence-electron chi connectivity index (χ1n) is 7.66. The van der Waals surface area contributed by atoms with Gasteiger partial charge < -0.3 is 4.90 Å². The Bertz CT molecular complexity index is 752. The summed E-state index contributed by atoms with van der Waals surface area (Å²) in [4.78, 5) is 14.9. The summed E-state index contributed by atoms with van der Waals surface area (Å²) < 4.78 is 38.9. The predicted molar refractivity (Wildman–Crippen MR) is 89.5 cm³/mol. The van der Waals surface area contributed by atoms with E-state index >= 15 is 0 Å². The fourth-order valence-corrected chi connectivity index (χ4v) is 3.39. The molecule has 1 saturated carbocycles. The Balaban J connectivity index is 1.71. The van der Waals surface area contributed by atoms with Gasteiger partial charge in [-0.25, -0.2) is 13.2 Å². The average molecular weight is 351 g/mol. The van der Waals surface area contributed by atoms with E-state index in [1.807, 2.05) is 0 Å². The molecule has 0 aliphatic heterocycles. The van der Waals surface area contributed by atoms with E-state index in [0.29, 0.717) is 5.56 Å². The zero-order valence-electron chi connectivity index (χ0n) is 12.8. The van der Waals surface area contributed by atoms with Crippen molar-refractivity contribution in [2.24, 2.45) is 0 Å². The summed E-state index contributed by atoms with van der Waals surface area (Å²) in [5.74, 6) is -0.707. The van der Waals surface area contributed by atoms with E-state index in [1.54, 1.807) is 36.4 Å². The number of carbonyl (C=O) groups is 1. The maximum Gasteiger partial charge on any atom is 0.255 e. The molecule has 3 rings (SSSR count). The van der Waals surface area contributed by atoms with E-state index in [4.69, 9.17) is 0 Å². The fourth-order valence-electron chi connectivity index (χ4n) is 2.45. The van der Waals surface area contributed by atoms with Crippen LogP contribution in [0, 0.1) is 5.82 Å². The van der Waals surface area contributed by atoms with Crippen molar-refractivity contribution in [1.29, 1.82) is 0 Å². The molecule has 2 aromatic rings. The number of benzene rings is 1. The van der Waals surface area contributed by atoms with Crippen LogP contribution in [0.1, 0.15) is 17.7 Å². The summed E-state index contributed by atoms with van der Waals surface area (Å²) in [5, 5.41) is 0. The number of halogens is 3. The molecule has 0 saturated heterocycles. The number of alkyl halides is 2. The van der Waals surface area contributed by atoms with Crippen LogP contribution < -0.4 is 0 Å². The van der Waals surface area contributed by atoms with Crippen molar-refractivity contribution in [2.75, 3.05) is 6.54 Å². The van der Waals surface area contributed by atoms with Gasteiger partial charge in [-0.15, -0.1) is 11.3 Å².